The highest BCUT2D eigenvalue weighted by atomic mass is 35.5. The number of hydrogen-bond donors (Lipinski definition) is 1. The minimum absolute atomic E-state index is 0.336. The van der Waals surface area contributed by atoms with Gasteiger partial charge in [-0.05, 0) is 25.1 Å². The summed E-state index contributed by atoms with van der Waals surface area (Å²) in [5, 5.41) is 5.04. The quantitative estimate of drug-likeness (QED) is 0.739. The van der Waals surface area contributed by atoms with Crippen molar-refractivity contribution in [3.05, 3.63) is 23.4 Å². The molecule has 0 saturated heterocycles. The molecule has 0 aliphatic heterocycles. The van der Waals surface area contributed by atoms with Crippen molar-refractivity contribution < 1.29 is 4.74 Å². The Kier molecular flexibility index (Phi) is 7.60. The second kappa shape index (κ2) is 8.75. The molecule has 0 aliphatic rings. The normalized spacial score (nSPS) is 12.6. The van der Waals surface area contributed by atoms with Gasteiger partial charge in [-0.25, -0.2) is 4.98 Å². The van der Waals surface area contributed by atoms with Gasteiger partial charge in [0.2, 0.25) is 0 Å². The average Bonchev–Trinajstić information content (AvgIpc) is 2.34. The molecule has 1 rings (SSSR count). The van der Waals surface area contributed by atoms with Crippen LogP contribution in [-0.2, 0) is 4.74 Å². The van der Waals surface area contributed by atoms with Crippen LogP contribution < -0.4 is 5.32 Å². The second-order valence-electron chi connectivity index (χ2n) is 3.71. The molecule has 0 bridgehead atoms. The highest BCUT2D eigenvalue weighted by Gasteiger charge is 2.09. The minimum Gasteiger partial charge on any atom is -0.383 e. The summed E-state index contributed by atoms with van der Waals surface area (Å²) in [4.78, 5) is 4.25. The third kappa shape index (κ3) is 5.73. The Morgan fingerprint density at radius 2 is 2.41 bits per heavy atom. The average molecular weight is 275 g/mol. The predicted octanol–water partition coefficient (Wildman–Crippen LogP) is 2.84. The molecule has 1 N–H and O–H groups in total. The number of nitrogens with zero attached hydrogens (tertiary/aromatic N) is 1. The Morgan fingerprint density at radius 1 is 1.59 bits per heavy atom. The summed E-state index contributed by atoms with van der Waals surface area (Å²) in [6, 6.07) is 4.04. The van der Waals surface area contributed by atoms with Gasteiger partial charge in [-0.15, -0.1) is 11.8 Å². The molecule has 17 heavy (non-hydrogen) atoms. The van der Waals surface area contributed by atoms with E-state index in [-0.39, 0.29) is 0 Å². The maximum atomic E-state index is 6.05. The van der Waals surface area contributed by atoms with E-state index < -0.39 is 0 Å². The molecule has 96 valence electrons. The summed E-state index contributed by atoms with van der Waals surface area (Å²) in [6.07, 6.45) is 2.88. The molecule has 5 heteroatoms. The number of halogens is 1. The van der Waals surface area contributed by atoms with Crippen LogP contribution in [0.1, 0.15) is 13.3 Å². The second-order valence-corrected chi connectivity index (χ2v) is 5.12. The van der Waals surface area contributed by atoms with Crippen molar-refractivity contribution in [2.45, 2.75) is 24.4 Å². The van der Waals surface area contributed by atoms with Crippen LogP contribution in [0.15, 0.2) is 23.4 Å². The maximum absolute atomic E-state index is 6.05. The van der Waals surface area contributed by atoms with E-state index in [0.29, 0.717) is 17.7 Å². The van der Waals surface area contributed by atoms with Crippen LogP contribution >= 0.6 is 23.4 Å². The summed E-state index contributed by atoms with van der Waals surface area (Å²) < 4.78 is 5.19. The maximum Gasteiger partial charge on any atom is 0.115 e. The van der Waals surface area contributed by atoms with Crippen molar-refractivity contribution in [1.29, 1.82) is 0 Å². The first-order valence-electron chi connectivity index (χ1n) is 5.73. The Bertz CT molecular complexity index is 325. The van der Waals surface area contributed by atoms with Crippen LogP contribution in [0.5, 0.6) is 0 Å². The van der Waals surface area contributed by atoms with Gasteiger partial charge in [0.05, 0.1) is 11.6 Å². The first-order valence-corrected chi connectivity index (χ1v) is 7.10. The molecule has 3 nitrogen and oxygen atoms in total. The lowest BCUT2D eigenvalue weighted by atomic mass is 10.3. The van der Waals surface area contributed by atoms with E-state index >= 15 is 0 Å². The number of hydrogen-bond acceptors (Lipinski definition) is 4. The van der Waals surface area contributed by atoms with Crippen LogP contribution in [0.2, 0.25) is 5.02 Å². The van der Waals surface area contributed by atoms with E-state index in [2.05, 4.69) is 17.2 Å². The van der Waals surface area contributed by atoms with Crippen molar-refractivity contribution in [1.82, 2.24) is 10.3 Å². The van der Waals surface area contributed by atoms with E-state index in [1.807, 2.05) is 12.1 Å². The molecule has 0 spiro atoms. The van der Waals surface area contributed by atoms with E-state index in [9.17, 15) is 0 Å². The molecule has 1 heterocycles. The number of aromatic nitrogens is 1. The van der Waals surface area contributed by atoms with Gasteiger partial charge in [-0.3, -0.25) is 0 Å². The fraction of sp³-hybridized carbons (Fsp3) is 0.583. The van der Waals surface area contributed by atoms with Gasteiger partial charge in [-0.1, -0.05) is 18.5 Å². The topological polar surface area (TPSA) is 34.1 Å². The largest absolute Gasteiger partial charge is 0.383 e. The zero-order valence-electron chi connectivity index (χ0n) is 10.3. The predicted molar refractivity (Wildman–Crippen MR) is 73.9 cm³/mol. The first kappa shape index (κ1) is 14.8. The van der Waals surface area contributed by atoms with E-state index in [1.54, 1.807) is 25.1 Å². The standard InChI is InChI=1S/C12H19ClN2OS/c1-3-6-14-10(8-16-2)9-17-12-11(13)5-4-7-15-12/h4-5,7,10,14H,3,6,8-9H2,1-2H3. The molecule has 0 radical (unpaired) electrons. The molecule has 0 aliphatic carbocycles. The molecule has 0 fully saturated rings. The third-order valence-corrected chi connectivity index (χ3v) is 3.78. The summed E-state index contributed by atoms with van der Waals surface area (Å²) in [5.74, 6) is 0.907. The smallest absolute Gasteiger partial charge is 0.115 e. The van der Waals surface area contributed by atoms with Gasteiger partial charge in [0, 0.05) is 25.1 Å². The molecule has 1 aromatic rings. The Morgan fingerprint density at radius 3 is 3.06 bits per heavy atom. The van der Waals surface area contributed by atoms with Gasteiger partial charge < -0.3 is 10.1 Å². The molecule has 0 saturated carbocycles. The van der Waals surface area contributed by atoms with Crippen LogP contribution in [0, 0.1) is 0 Å². The monoisotopic (exact) mass is 274 g/mol. The van der Waals surface area contributed by atoms with Gasteiger partial charge >= 0.3 is 0 Å². The van der Waals surface area contributed by atoms with Gasteiger partial charge in [0.1, 0.15) is 5.03 Å². The number of nitrogens with one attached hydrogen (secondary N) is 1. The molecule has 1 unspecified atom stereocenters. The fourth-order valence-electron chi connectivity index (χ4n) is 1.37. The Labute approximate surface area is 112 Å². The first-order chi connectivity index (χ1) is 8.27. The summed E-state index contributed by atoms with van der Waals surface area (Å²) in [6.45, 7) is 3.86. The lowest BCUT2D eigenvalue weighted by Gasteiger charge is -2.17. The SMILES string of the molecule is CCCNC(COC)CSc1ncccc1Cl. The molecule has 0 amide bonds. The molecule has 0 aromatic carbocycles. The highest BCUT2D eigenvalue weighted by molar-refractivity contribution is 7.99. The number of methoxy groups -OCH3 is 1. The lowest BCUT2D eigenvalue weighted by Crippen LogP contribution is -2.35. The fourth-order valence-corrected chi connectivity index (χ4v) is 2.57. The minimum atomic E-state index is 0.336. The van der Waals surface area contributed by atoms with Gasteiger partial charge in [0.15, 0.2) is 0 Å². The molecule has 1 atom stereocenters. The number of thioether (sulfide) groups is 1. The lowest BCUT2D eigenvalue weighted by molar-refractivity contribution is 0.174. The van der Waals surface area contributed by atoms with E-state index in [0.717, 1.165) is 23.7 Å². The van der Waals surface area contributed by atoms with Crippen LogP contribution in [0.4, 0.5) is 0 Å². The highest BCUT2D eigenvalue weighted by Crippen LogP contribution is 2.24. The molecular weight excluding hydrogens is 256 g/mol. The Hall–Kier alpha value is -0.290. The number of pyridine rings is 1. The third-order valence-electron chi connectivity index (χ3n) is 2.20. The molecule has 1 aromatic heterocycles. The summed E-state index contributed by atoms with van der Waals surface area (Å²) in [5.41, 5.74) is 0. The van der Waals surface area contributed by atoms with Crippen LogP contribution in [-0.4, -0.2) is 37.0 Å². The zero-order valence-corrected chi connectivity index (χ0v) is 11.9. The van der Waals surface area contributed by atoms with Gasteiger partial charge in [-0.2, -0.15) is 0 Å². The molecular formula is C12H19ClN2OS. The van der Waals surface area contributed by atoms with E-state index in [4.69, 9.17) is 16.3 Å². The van der Waals surface area contributed by atoms with Gasteiger partial charge in [0.25, 0.3) is 0 Å². The van der Waals surface area contributed by atoms with Crippen molar-refractivity contribution in [3.8, 4) is 0 Å². The Balaban J connectivity index is 2.42. The van der Waals surface area contributed by atoms with Crippen molar-refractivity contribution in [2.75, 3.05) is 26.0 Å². The summed E-state index contributed by atoms with van der Waals surface area (Å²) >= 11 is 7.71. The zero-order chi connectivity index (χ0) is 12.5. The van der Waals surface area contributed by atoms with Crippen molar-refractivity contribution in [3.63, 3.8) is 0 Å². The summed E-state index contributed by atoms with van der Waals surface area (Å²) in [7, 11) is 1.72. The number of ether oxygens (including phenoxy) is 1. The van der Waals surface area contributed by atoms with Crippen molar-refractivity contribution >= 4 is 23.4 Å². The van der Waals surface area contributed by atoms with Crippen LogP contribution in [0.3, 0.4) is 0 Å². The number of rotatable bonds is 8. The van der Waals surface area contributed by atoms with E-state index in [1.165, 1.54) is 0 Å². The van der Waals surface area contributed by atoms with Crippen LogP contribution in [0.25, 0.3) is 0 Å². The van der Waals surface area contributed by atoms with Crippen molar-refractivity contribution in [2.24, 2.45) is 0 Å².